The second kappa shape index (κ2) is 8.59. The van der Waals surface area contributed by atoms with E-state index in [4.69, 9.17) is 9.47 Å². The van der Waals surface area contributed by atoms with Gasteiger partial charge in [-0.05, 0) is 32.3 Å². The molecule has 1 aliphatic rings. The van der Waals surface area contributed by atoms with Gasteiger partial charge in [-0.3, -0.25) is 0 Å². The van der Waals surface area contributed by atoms with Crippen LogP contribution in [0.3, 0.4) is 0 Å². The molecule has 0 heterocycles. The van der Waals surface area contributed by atoms with Crippen molar-refractivity contribution >= 4 is 0 Å². The Labute approximate surface area is 128 Å². The Kier molecular flexibility index (Phi) is 6.43. The van der Waals surface area contributed by atoms with Crippen molar-refractivity contribution in [3.63, 3.8) is 0 Å². The van der Waals surface area contributed by atoms with Gasteiger partial charge in [0.1, 0.15) is 11.5 Å². The van der Waals surface area contributed by atoms with E-state index in [0.717, 1.165) is 37.5 Å². The highest BCUT2D eigenvalue weighted by Crippen LogP contribution is 2.27. The minimum absolute atomic E-state index is 0.620. The van der Waals surface area contributed by atoms with E-state index >= 15 is 0 Å². The minimum atomic E-state index is 0.620. The monoisotopic (exact) mass is 287 g/mol. The number of ether oxygens (including phenoxy) is 2. The Hall–Kier alpha value is -1.66. The molecule has 114 valence electrons. The molecule has 0 saturated heterocycles. The summed E-state index contributed by atoms with van der Waals surface area (Å²) in [6, 6.07) is 6.82. The van der Waals surface area contributed by atoms with E-state index in [-0.39, 0.29) is 0 Å². The average molecular weight is 287 g/mol. The van der Waals surface area contributed by atoms with Crippen LogP contribution >= 0.6 is 0 Å². The van der Waals surface area contributed by atoms with E-state index < -0.39 is 0 Å². The third kappa shape index (κ3) is 5.69. The van der Waals surface area contributed by atoms with Gasteiger partial charge in [0.05, 0.1) is 13.2 Å². The van der Waals surface area contributed by atoms with Gasteiger partial charge in [-0.2, -0.15) is 0 Å². The first-order chi connectivity index (χ1) is 10.3. The lowest BCUT2D eigenvalue weighted by atomic mass is 10.2. The summed E-state index contributed by atoms with van der Waals surface area (Å²) in [4.78, 5) is 0. The second-order valence-electron chi connectivity index (χ2n) is 5.30. The molecule has 1 fully saturated rings. The van der Waals surface area contributed by atoms with Crippen LogP contribution in [0.25, 0.3) is 0 Å². The molecular weight excluding hydrogens is 262 g/mol. The summed E-state index contributed by atoms with van der Waals surface area (Å²) >= 11 is 0. The number of nitrogens with one attached hydrogen (secondary N) is 1. The first-order valence-corrected chi connectivity index (χ1v) is 7.85. The molecule has 1 aromatic rings. The first-order valence-electron chi connectivity index (χ1n) is 7.85. The molecule has 0 amide bonds. The third-order valence-corrected chi connectivity index (χ3v) is 3.33. The Bertz CT molecular complexity index is 498. The fourth-order valence-electron chi connectivity index (χ4n) is 2.00. The van der Waals surface area contributed by atoms with Gasteiger partial charge >= 0.3 is 0 Å². The van der Waals surface area contributed by atoms with Crippen LogP contribution in [0.1, 0.15) is 45.1 Å². The topological polar surface area (TPSA) is 30.5 Å². The van der Waals surface area contributed by atoms with Gasteiger partial charge < -0.3 is 14.8 Å². The van der Waals surface area contributed by atoms with Crippen molar-refractivity contribution < 1.29 is 9.47 Å². The fraction of sp³-hybridized carbons (Fsp3) is 0.556. The number of hydrogen-bond donors (Lipinski definition) is 1. The summed E-state index contributed by atoms with van der Waals surface area (Å²) in [7, 11) is 0. The molecule has 0 atom stereocenters. The predicted molar refractivity (Wildman–Crippen MR) is 85.7 cm³/mol. The van der Waals surface area contributed by atoms with Crippen molar-refractivity contribution in [3.8, 4) is 23.3 Å². The summed E-state index contributed by atoms with van der Waals surface area (Å²) < 4.78 is 11.6. The molecule has 1 N–H and O–H groups in total. The lowest BCUT2D eigenvalue weighted by Crippen LogP contribution is -2.16. The number of benzene rings is 1. The Balaban J connectivity index is 1.98. The lowest BCUT2D eigenvalue weighted by Gasteiger charge is -2.14. The maximum atomic E-state index is 5.89. The maximum Gasteiger partial charge on any atom is 0.127 e. The quantitative estimate of drug-likeness (QED) is 0.557. The molecule has 0 radical (unpaired) electrons. The smallest absolute Gasteiger partial charge is 0.127 e. The van der Waals surface area contributed by atoms with E-state index in [9.17, 15) is 0 Å². The Morgan fingerprint density at radius 3 is 2.81 bits per heavy atom. The Morgan fingerprint density at radius 1 is 1.24 bits per heavy atom. The zero-order valence-electron chi connectivity index (χ0n) is 13.1. The summed E-state index contributed by atoms with van der Waals surface area (Å²) in [5.74, 6) is 7.70. The van der Waals surface area contributed by atoms with Gasteiger partial charge in [0.2, 0.25) is 0 Å². The van der Waals surface area contributed by atoms with E-state index in [1.54, 1.807) is 0 Å². The molecule has 0 aliphatic heterocycles. The zero-order chi connectivity index (χ0) is 14.9. The minimum Gasteiger partial charge on any atom is -0.493 e. The van der Waals surface area contributed by atoms with Crippen molar-refractivity contribution in [2.24, 2.45) is 0 Å². The highest BCUT2D eigenvalue weighted by atomic mass is 16.5. The molecule has 0 bridgehead atoms. The molecule has 0 unspecified atom stereocenters. The molecule has 1 aliphatic carbocycles. The SMILES string of the molecule is CC#CCCOc1cc(OCCC)ccc1CNC1CC1. The van der Waals surface area contributed by atoms with Crippen LogP contribution in [0.15, 0.2) is 18.2 Å². The molecule has 2 rings (SSSR count). The van der Waals surface area contributed by atoms with E-state index in [2.05, 4.69) is 30.1 Å². The van der Waals surface area contributed by atoms with Gasteiger partial charge in [0.15, 0.2) is 0 Å². The summed E-state index contributed by atoms with van der Waals surface area (Å²) in [5.41, 5.74) is 1.19. The van der Waals surface area contributed by atoms with Crippen LogP contribution in [0, 0.1) is 11.8 Å². The van der Waals surface area contributed by atoms with Crippen molar-refractivity contribution in [1.29, 1.82) is 0 Å². The van der Waals surface area contributed by atoms with Gasteiger partial charge in [-0.25, -0.2) is 0 Å². The summed E-state index contributed by atoms with van der Waals surface area (Å²) in [6.07, 6.45) is 4.35. The predicted octanol–water partition coefficient (Wildman–Crippen LogP) is 3.52. The van der Waals surface area contributed by atoms with Gasteiger partial charge in [0.25, 0.3) is 0 Å². The van der Waals surface area contributed by atoms with Crippen LogP contribution in [-0.4, -0.2) is 19.3 Å². The first kappa shape index (κ1) is 15.7. The average Bonchev–Trinajstić information content (AvgIpc) is 3.32. The summed E-state index contributed by atoms with van der Waals surface area (Å²) in [6.45, 7) is 6.17. The van der Waals surface area contributed by atoms with Gasteiger partial charge in [-0.15, -0.1) is 11.8 Å². The molecule has 3 heteroatoms. The van der Waals surface area contributed by atoms with E-state index in [0.29, 0.717) is 12.6 Å². The molecular formula is C18H25NO2. The van der Waals surface area contributed by atoms with E-state index in [1.165, 1.54) is 18.4 Å². The number of rotatable bonds is 9. The van der Waals surface area contributed by atoms with Crippen LogP contribution < -0.4 is 14.8 Å². The number of hydrogen-bond acceptors (Lipinski definition) is 3. The normalized spacial score (nSPS) is 13.4. The van der Waals surface area contributed by atoms with Crippen molar-refractivity contribution in [3.05, 3.63) is 23.8 Å². The Morgan fingerprint density at radius 2 is 2.10 bits per heavy atom. The van der Waals surface area contributed by atoms with Crippen LogP contribution in [0.2, 0.25) is 0 Å². The van der Waals surface area contributed by atoms with Crippen LogP contribution in [0.4, 0.5) is 0 Å². The van der Waals surface area contributed by atoms with Crippen LogP contribution in [0.5, 0.6) is 11.5 Å². The molecule has 0 spiro atoms. The molecule has 1 saturated carbocycles. The molecule has 0 aromatic heterocycles. The molecule has 21 heavy (non-hydrogen) atoms. The molecule has 1 aromatic carbocycles. The zero-order valence-corrected chi connectivity index (χ0v) is 13.1. The highest BCUT2D eigenvalue weighted by Gasteiger charge is 2.20. The second-order valence-corrected chi connectivity index (χ2v) is 5.30. The van der Waals surface area contributed by atoms with Crippen molar-refractivity contribution in [1.82, 2.24) is 5.32 Å². The van der Waals surface area contributed by atoms with Crippen molar-refractivity contribution in [2.45, 2.75) is 52.1 Å². The standard InChI is InChI=1S/C18H25NO2/c1-3-5-6-12-21-18-13-17(20-11-4-2)10-7-15(18)14-19-16-8-9-16/h7,10,13,16,19H,4,6,8-9,11-12,14H2,1-2H3. The largest absolute Gasteiger partial charge is 0.493 e. The maximum absolute atomic E-state index is 5.89. The lowest BCUT2D eigenvalue weighted by molar-refractivity contribution is 0.303. The molecule has 3 nitrogen and oxygen atoms in total. The van der Waals surface area contributed by atoms with Crippen molar-refractivity contribution in [2.75, 3.05) is 13.2 Å². The van der Waals surface area contributed by atoms with Crippen LogP contribution in [-0.2, 0) is 6.54 Å². The highest BCUT2D eigenvalue weighted by molar-refractivity contribution is 5.41. The fourth-order valence-corrected chi connectivity index (χ4v) is 2.00. The summed E-state index contributed by atoms with van der Waals surface area (Å²) in [5, 5.41) is 3.53. The third-order valence-electron chi connectivity index (χ3n) is 3.33. The van der Waals surface area contributed by atoms with Gasteiger partial charge in [0, 0.05) is 30.6 Å². The van der Waals surface area contributed by atoms with Gasteiger partial charge in [-0.1, -0.05) is 13.0 Å². The van der Waals surface area contributed by atoms with E-state index in [1.807, 2.05) is 19.1 Å².